The fraction of sp³-hybridized carbons (Fsp3) is 0.188. The normalized spacial score (nSPS) is 16.7. The smallest absolute Gasteiger partial charge is 0.399 e. The summed E-state index contributed by atoms with van der Waals surface area (Å²) < 4.78 is 12.9. The Labute approximate surface area is 207 Å². The first-order valence-corrected chi connectivity index (χ1v) is 12.3. The molecule has 1 saturated heterocycles. The van der Waals surface area contributed by atoms with E-state index in [-0.39, 0.29) is 0 Å². The van der Waals surface area contributed by atoms with Gasteiger partial charge in [-0.15, -0.1) is 0 Å². The van der Waals surface area contributed by atoms with E-state index in [1.807, 2.05) is 0 Å². The summed E-state index contributed by atoms with van der Waals surface area (Å²) in [5, 5.41) is 5.06. The third-order valence-electron chi connectivity index (χ3n) is 7.72. The van der Waals surface area contributed by atoms with Crippen LogP contribution in [0.3, 0.4) is 0 Å². The SMILES string of the molecule is CC1(C)OB(c2ccc(-c3cc4ccccc4c4ccccc34)cc2-c2ccccc2)OC1(C)C. The van der Waals surface area contributed by atoms with Crippen molar-refractivity contribution in [2.75, 3.05) is 0 Å². The van der Waals surface area contributed by atoms with E-state index >= 15 is 0 Å². The van der Waals surface area contributed by atoms with Gasteiger partial charge >= 0.3 is 7.12 Å². The van der Waals surface area contributed by atoms with Crippen LogP contribution in [0.1, 0.15) is 27.7 Å². The largest absolute Gasteiger partial charge is 0.495 e. The van der Waals surface area contributed by atoms with Crippen LogP contribution in [-0.2, 0) is 9.31 Å². The van der Waals surface area contributed by atoms with E-state index in [0.717, 1.165) is 16.6 Å². The molecule has 0 unspecified atom stereocenters. The fourth-order valence-electron chi connectivity index (χ4n) is 5.06. The van der Waals surface area contributed by atoms with Crippen molar-refractivity contribution in [2.24, 2.45) is 0 Å². The molecule has 1 heterocycles. The Morgan fingerprint density at radius 3 is 1.83 bits per heavy atom. The second-order valence-corrected chi connectivity index (χ2v) is 10.4. The van der Waals surface area contributed by atoms with E-state index in [9.17, 15) is 0 Å². The summed E-state index contributed by atoms with van der Waals surface area (Å²) in [4.78, 5) is 0. The summed E-state index contributed by atoms with van der Waals surface area (Å²) in [6.45, 7) is 8.41. The molecule has 0 N–H and O–H groups in total. The van der Waals surface area contributed by atoms with Gasteiger partial charge in [0.25, 0.3) is 0 Å². The summed E-state index contributed by atoms with van der Waals surface area (Å²) >= 11 is 0. The highest BCUT2D eigenvalue weighted by molar-refractivity contribution is 6.64. The maximum atomic E-state index is 6.46. The lowest BCUT2D eigenvalue weighted by Gasteiger charge is -2.32. The first kappa shape index (κ1) is 22.1. The van der Waals surface area contributed by atoms with E-state index in [4.69, 9.17) is 9.31 Å². The minimum Gasteiger partial charge on any atom is -0.399 e. The molecule has 3 heteroatoms. The monoisotopic (exact) mass is 456 g/mol. The zero-order valence-electron chi connectivity index (χ0n) is 20.7. The molecule has 0 amide bonds. The molecule has 0 atom stereocenters. The molecule has 0 bridgehead atoms. The molecule has 1 aliphatic heterocycles. The Morgan fingerprint density at radius 2 is 1.11 bits per heavy atom. The average molecular weight is 456 g/mol. The highest BCUT2D eigenvalue weighted by Crippen LogP contribution is 2.39. The topological polar surface area (TPSA) is 18.5 Å². The molecule has 0 spiro atoms. The van der Waals surface area contributed by atoms with Gasteiger partial charge in [0.2, 0.25) is 0 Å². The zero-order valence-corrected chi connectivity index (χ0v) is 20.7. The highest BCUT2D eigenvalue weighted by atomic mass is 16.7. The Morgan fingerprint density at radius 1 is 0.514 bits per heavy atom. The summed E-state index contributed by atoms with van der Waals surface area (Å²) in [5.74, 6) is 0. The van der Waals surface area contributed by atoms with Crippen molar-refractivity contribution in [1.82, 2.24) is 0 Å². The first-order valence-electron chi connectivity index (χ1n) is 12.3. The van der Waals surface area contributed by atoms with E-state index in [1.165, 1.54) is 32.7 Å². The van der Waals surface area contributed by atoms with Crippen molar-refractivity contribution in [3.63, 3.8) is 0 Å². The van der Waals surface area contributed by atoms with Crippen molar-refractivity contribution in [3.8, 4) is 22.3 Å². The van der Waals surface area contributed by atoms with Crippen LogP contribution in [0.15, 0.2) is 103 Å². The lowest BCUT2D eigenvalue weighted by atomic mass is 9.73. The quantitative estimate of drug-likeness (QED) is 0.205. The van der Waals surface area contributed by atoms with Crippen LogP contribution in [0, 0.1) is 0 Å². The fourth-order valence-corrected chi connectivity index (χ4v) is 5.06. The standard InChI is InChI=1S/C32H29BO2/c1-31(2)32(3,4)35-33(34-31)30-19-18-24(21-29(30)22-12-6-5-7-13-22)28-20-23-14-8-9-15-25(23)26-16-10-11-17-27(26)28/h5-21H,1-4H3. The van der Waals surface area contributed by atoms with Gasteiger partial charge in [-0.1, -0.05) is 91.0 Å². The number of rotatable bonds is 3. The maximum absolute atomic E-state index is 6.46. The lowest BCUT2D eigenvalue weighted by Crippen LogP contribution is -2.41. The van der Waals surface area contributed by atoms with Crippen molar-refractivity contribution in [2.45, 2.75) is 38.9 Å². The Hall–Kier alpha value is -3.40. The number of benzene rings is 5. The lowest BCUT2D eigenvalue weighted by molar-refractivity contribution is 0.00578. The van der Waals surface area contributed by atoms with Crippen LogP contribution in [0.25, 0.3) is 43.8 Å². The van der Waals surface area contributed by atoms with Gasteiger partial charge in [0.05, 0.1) is 11.2 Å². The maximum Gasteiger partial charge on any atom is 0.495 e. The summed E-state index contributed by atoms with van der Waals surface area (Å²) in [7, 11) is -0.419. The molecule has 5 aromatic carbocycles. The van der Waals surface area contributed by atoms with Gasteiger partial charge in [-0.25, -0.2) is 0 Å². The number of hydrogen-bond donors (Lipinski definition) is 0. The van der Waals surface area contributed by atoms with Gasteiger partial charge in [0, 0.05) is 0 Å². The van der Waals surface area contributed by atoms with Crippen molar-refractivity contribution < 1.29 is 9.31 Å². The van der Waals surface area contributed by atoms with Gasteiger partial charge in [0.1, 0.15) is 0 Å². The third kappa shape index (κ3) is 3.67. The third-order valence-corrected chi connectivity index (χ3v) is 7.72. The molecule has 1 aliphatic rings. The summed E-state index contributed by atoms with van der Waals surface area (Å²) in [6.07, 6.45) is 0. The molecular weight excluding hydrogens is 427 g/mol. The molecule has 0 saturated carbocycles. The molecule has 172 valence electrons. The van der Waals surface area contributed by atoms with Crippen LogP contribution in [0.2, 0.25) is 0 Å². The van der Waals surface area contributed by atoms with E-state index in [0.29, 0.717) is 0 Å². The summed E-state index contributed by atoms with van der Waals surface area (Å²) in [6, 6.07) is 36.9. The van der Waals surface area contributed by atoms with Gasteiger partial charge in [-0.05, 0) is 89.1 Å². The minimum absolute atomic E-state index is 0.390. The Bertz CT molecular complexity index is 1540. The minimum atomic E-state index is -0.419. The van der Waals surface area contributed by atoms with Gasteiger partial charge in [0.15, 0.2) is 0 Å². The molecule has 2 nitrogen and oxygen atoms in total. The molecule has 0 aromatic heterocycles. The molecule has 0 radical (unpaired) electrons. The van der Waals surface area contributed by atoms with Crippen LogP contribution >= 0.6 is 0 Å². The Kier molecular flexibility index (Phi) is 5.10. The molecule has 1 fully saturated rings. The predicted molar refractivity (Wildman–Crippen MR) is 148 cm³/mol. The Balaban J connectivity index is 1.57. The van der Waals surface area contributed by atoms with E-state index in [1.54, 1.807) is 0 Å². The molecule has 5 aromatic rings. The number of fused-ring (bicyclic) bond motifs is 3. The first-order chi connectivity index (χ1) is 16.8. The number of hydrogen-bond acceptors (Lipinski definition) is 2. The second kappa shape index (κ2) is 8.08. The molecular formula is C32H29BO2. The highest BCUT2D eigenvalue weighted by Gasteiger charge is 2.52. The van der Waals surface area contributed by atoms with Gasteiger partial charge < -0.3 is 9.31 Å². The molecule has 35 heavy (non-hydrogen) atoms. The molecule has 6 rings (SSSR count). The van der Waals surface area contributed by atoms with Crippen LogP contribution in [0.4, 0.5) is 0 Å². The van der Waals surface area contributed by atoms with Crippen LogP contribution in [0.5, 0.6) is 0 Å². The second-order valence-electron chi connectivity index (χ2n) is 10.4. The summed E-state index contributed by atoms with van der Waals surface area (Å²) in [5.41, 5.74) is 4.99. The van der Waals surface area contributed by atoms with Gasteiger partial charge in [-0.3, -0.25) is 0 Å². The molecule has 0 aliphatic carbocycles. The average Bonchev–Trinajstić information content (AvgIpc) is 3.10. The van der Waals surface area contributed by atoms with Crippen LogP contribution in [-0.4, -0.2) is 18.3 Å². The predicted octanol–water partition coefficient (Wildman–Crippen LogP) is 7.63. The van der Waals surface area contributed by atoms with E-state index < -0.39 is 18.3 Å². The van der Waals surface area contributed by atoms with Gasteiger partial charge in [-0.2, -0.15) is 0 Å². The van der Waals surface area contributed by atoms with Crippen LogP contribution < -0.4 is 5.46 Å². The van der Waals surface area contributed by atoms with Crippen molar-refractivity contribution >= 4 is 34.1 Å². The van der Waals surface area contributed by atoms with E-state index in [2.05, 4.69) is 131 Å². The van der Waals surface area contributed by atoms with Crippen molar-refractivity contribution in [1.29, 1.82) is 0 Å². The van der Waals surface area contributed by atoms with Crippen molar-refractivity contribution in [3.05, 3.63) is 103 Å². The zero-order chi connectivity index (χ0) is 24.2.